The van der Waals surface area contributed by atoms with E-state index < -0.39 is 0 Å². The fourth-order valence-corrected chi connectivity index (χ4v) is 4.13. The molecule has 0 saturated carbocycles. The molecule has 0 unspecified atom stereocenters. The van der Waals surface area contributed by atoms with Crippen LogP contribution in [0.4, 0.5) is 0 Å². The topological polar surface area (TPSA) is 52.6 Å². The Labute approximate surface area is 209 Å². The minimum atomic E-state index is -0.259. The number of esters is 2. The SMILES string of the molecule is CCCCCCCCCCCC(=O)Oc1ccccc1OC(=O)CCCCCCCCCCC. The zero-order chi connectivity index (χ0) is 24.7. The average molecular weight is 475 g/mol. The molecule has 0 heterocycles. The minimum absolute atomic E-state index is 0.259. The molecule has 0 aromatic heterocycles. The molecule has 0 atom stereocenters. The van der Waals surface area contributed by atoms with E-state index in [1.165, 1.54) is 89.9 Å². The first-order valence-corrected chi connectivity index (χ1v) is 14.2. The van der Waals surface area contributed by atoms with Crippen LogP contribution >= 0.6 is 0 Å². The van der Waals surface area contributed by atoms with Gasteiger partial charge in [-0.05, 0) is 25.0 Å². The molecule has 0 fully saturated rings. The van der Waals surface area contributed by atoms with Crippen molar-refractivity contribution >= 4 is 11.9 Å². The largest absolute Gasteiger partial charge is 0.423 e. The molecule has 34 heavy (non-hydrogen) atoms. The summed E-state index contributed by atoms with van der Waals surface area (Å²) in [7, 11) is 0. The molecule has 0 amide bonds. The first kappa shape index (κ1) is 30.2. The molecule has 194 valence electrons. The normalized spacial score (nSPS) is 10.9. The molecule has 0 N–H and O–H groups in total. The van der Waals surface area contributed by atoms with Gasteiger partial charge in [-0.1, -0.05) is 129 Å². The van der Waals surface area contributed by atoms with Gasteiger partial charge in [0.15, 0.2) is 11.5 Å². The van der Waals surface area contributed by atoms with Gasteiger partial charge in [0.2, 0.25) is 0 Å². The average Bonchev–Trinajstić information content (AvgIpc) is 2.83. The second-order valence-corrected chi connectivity index (χ2v) is 9.55. The van der Waals surface area contributed by atoms with Crippen LogP contribution in [0, 0.1) is 0 Å². The molecule has 0 saturated heterocycles. The highest BCUT2D eigenvalue weighted by Gasteiger charge is 2.13. The Morgan fingerprint density at radius 2 is 0.794 bits per heavy atom. The van der Waals surface area contributed by atoms with Gasteiger partial charge < -0.3 is 9.47 Å². The third-order valence-corrected chi connectivity index (χ3v) is 6.27. The summed E-state index contributed by atoms with van der Waals surface area (Å²) in [5.41, 5.74) is 0. The maximum Gasteiger partial charge on any atom is 0.311 e. The van der Waals surface area contributed by atoms with Gasteiger partial charge in [-0.3, -0.25) is 9.59 Å². The van der Waals surface area contributed by atoms with Crippen LogP contribution in [0.25, 0.3) is 0 Å². The maximum absolute atomic E-state index is 12.3. The molecule has 4 nitrogen and oxygen atoms in total. The van der Waals surface area contributed by atoms with Gasteiger partial charge in [0.1, 0.15) is 0 Å². The molecule has 0 aliphatic carbocycles. The maximum atomic E-state index is 12.3. The lowest BCUT2D eigenvalue weighted by Crippen LogP contribution is -2.12. The monoisotopic (exact) mass is 474 g/mol. The van der Waals surface area contributed by atoms with E-state index in [4.69, 9.17) is 9.47 Å². The first-order valence-electron chi connectivity index (χ1n) is 14.2. The van der Waals surface area contributed by atoms with Crippen LogP contribution in [0.3, 0.4) is 0 Å². The van der Waals surface area contributed by atoms with Crippen molar-refractivity contribution in [3.05, 3.63) is 24.3 Å². The van der Waals surface area contributed by atoms with Crippen LogP contribution < -0.4 is 9.47 Å². The second kappa shape index (κ2) is 21.7. The highest BCUT2D eigenvalue weighted by Crippen LogP contribution is 2.27. The third-order valence-electron chi connectivity index (χ3n) is 6.27. The van der Waals surface area contributed by atoms with Crippen LogP contribution in [0.2, 0.25) is 0 Å². The molecule has 1 rings (SSSR count). The van der Waals surface area contributed by atoms with E-state index in [2.05, 4.69) is 13.8 Å². The molecular weight excluding hydrogens is 424 g/mol. The number of unbranched alkanes of at least 4 members (excludes halogenated alkanes) is 16. The Bertz CT molecular complexity index is 585. The molecule has 0 radical (unpaired) electrons. The Balaban J connectivity index is 2.18. The summed E-state index contributed by atoms with van der Waals surface area (Å²) in [6.07, 6.45) is 22.6. The summed E-state index contributed by atoms with van der Waals surface area (Å²) in [6.45, 7) is 4.47. The van der Waals surface area contributed by atoms with Crippen molar-refractivity contribution in [2.75, 3.05) is 0 Å². The minimum Gasteiger partial charge on any atom is -0.423 e. The molecule has 1 aromatic carbocycles. The smallest absolute Gasteiger partial charge is 0.311 e. The van der Waals surface area contributed by atoms with Crippen LogP contribution in [0.1, 0.15) is 142 Å². The predicted octanol–water partition coefficient (Wildman–Crippen LogP) is 9.34. The van der Waals surface area contributed by atoms with Gasteiger partial charge in [0.25, 0.3) is 0 Å². The summed E-state index contributed by atoms with van der Waals surface area (Å²) in [4.78, 5) is 24.5. The summed E-state index contributed by atoms with van der Waals surface area (Å²) in [6, 6.07) is 6.96. The van der Waals surface area contributed by atoms with E-state index in [9.17, 15) is 9.59 Å². The quantitative estimate of drug-likeness (QED) is 0.0954. The van der Waals surface area contributed by atoms with Crippen molar-refractivity contribution in [1.82, 2.24) is 0 Å². The van der Waals surface area contributed by atoms with Crippen molar-refractivity contribution in [2.45, 2.75) is 142 Å². The second-order valence-electron chi connectivity index (χ2n) is 9.55. The number of rotatable bonds is 22. The zero-order valence-corrected chi connectivity index (χ0v) is 22.1. The van der Waals surface area contributed by atoms with Gasteiger partial charge in [0, 0.05) is 12.8 Å². The predicted molar refractivity (Wildman–Crippen MR) is 141 cm³/mol. The van der Waals surface area contributed by atoms with Gasteiger partial charge in [-0.2, -0.15) is 0 Å². The Morgan fingerprint density at radius 1 is 0.500 bits per heavy atom. The van der Waals surface area contributed by atoms with E-state index >= 15 is 0 Å². The lowest BCUT2D eigenvalue weighted by atomic mass is 10.1. The standard InChI is InChI=1S/C30H50O4/c1-3-5-7-9-11-13-15-17-19-25-29(31)33-27-23-21-22-24-28(27)34-30(32)26-20-18-16-14-12-10-8-6-4-2/h21-24H,3-20,25-26H2,1-2H3. The fourth-order valence-electron chi connectivity index (χ4n) is 4.13. The van der Waals surface area contributed by atoms with Gasteiger partial charge in [0.05, 0.1) is 0 Å². The van der Waals surface area contributed by atoms with Gasteiger partial charge >= 0.3 is 11.9 Å². The number of carbonyl (C=O) groups is 2. The summed E-state index contributed by atoms with van der Waals surface area (Å²) < 4.78 is 11.0. The first-order chi connectivity index (χ1) is 16.7. The molecule has 4 heteroatoms. The van der Waals surface area contributed by atoms with E-state index in [0.29, 0.717) is 24.3 Å². The van der Waals surface area contributed by atoms with Crippen molar-refractivity contribution in [2.24, 2.45) is 0 Å². The number of hydrogen-bond donors (Lipinski definition) is 0. The number of benzene rings is 1. The Morgan fingerprint density at radius 3 is 1.12 bits per heavy atom. The van der Waals surface area contributed by atoms with Gasteiger partial charge in [-0.15, -0.1) is 0 Å². The molecular formula is C30H50O4. The highest BCUT2D eigenvalue weighted by molar-refractivity contribution is 5.76. The molecule has 0 bridgehead atoms. The highest BCUT2D eigenvalue weighted by atomic mass is 16.6. The molecule has 1 aromatic rings. The fraction of sp³-hybridized carbons (Fsp3) is 0.733. The lowest BCUT2D eigenvalue weighted by Gasteiger charge is -2.10. The number of hydrogen-bond acceptors (Lipinski definition) is 4. The number of ether oxygens (including phenoxy) is 2. The molecule has 0 aliphatic heterocycles. The van der Waals surface area contributed by atoms with Crippen LogP contribution in [-0.2, 0) is 9.59 Å². The zero-order valence-electron chi connectivity index (χ0n) is 22.1. The summed E-state index contributed by atoms with van der Waals surface area (Å²) >= 11 is 0. The molecule has 0 spiro atoms. The van der Waals surface area contributed by atoms with E-state index in [0.717, 1.165) is 25.7 Å². The van der Waals surface area contributed by atoms with Crippen molar-refractivity contribution in [3.8, 4) is 11.5 Å². The van der Waals surface area contributed by atoms with Crippen molar-refractivity contribution in [3.63, 3.8) is 0 Å². The number of para-hydroxylation sites is 2. The third kappa shape index (κ3) is 16.7. The van der Waals surface area contributed by atoms with Crippen LogP contribution in [-0.4, -0.2) is 11.9 Å². The van der Waals surface area contributed by atoms with Crippen LogP contribution in [0.15, 0.2) is 24.3 Å². The lowest BCUT2D eigenvalue weighted by molar-refractivity contribution is -0.137. The van der Waals surface area contributed by atoms with E-state index in [1.54, 1.807) is 24.3 Å². The Kier molecular flexibility index (Phi) is 19.2. The van der Waals surface area contributed by atoms with E-state index in [-0.39, 0.29) is 11.9 Å². The number of carbonyl (C=O) groups excluding carboxylic acids is 2. The van der Waals surface area contributed by atoms with Crippen molar-refractivity contribution < 1.29 is 19.1 Å². The molecule has 0 aliphatic rings. The van der Waals surface area contributed by atoms with E-state index in [1.807, 2.05) is 0 Å². The summed E-state index contributed by atoms with van der Waals surface area (Å²) in [5.74, 6) is 0.156. The van der Waals surface area contributed by atoms with Crippen LogP contribution in [0.5, 0.6) is 11.5 Å². The Hall–Kier alpha value is -1.84. The summed E-state index contributed by atoms with van der Waals surface area (Å²) in [5, 5.41) is 0. The van der Waals surface area contributed by atoms with Gasteiger partial charge in [-0.25, -0.2) is 0 Å². The van der Waals surface area contributed by atoms with Crippen molar-refractivity contribution in [1.29, 1.82) is 0 Å².